The van der Waals surface area contributed by atoms with Crippen molar-refractivity contribution >= 4 is 45.8 Å². The van der Waals surface area contributed by atoms with Crippen LogP contribution < -0.4 is 9.75 Å². The maximum Gasteiger partial charge on any atom is 0.280 e. The van der Waals surface area contributed by atoms with E-state index in [-0.39, 0.29) is 5.91 Å². The largest absolute Gasteiger partial charge is 0.496 e. The number of rotatable bonds is 3. The van der Waals surface area contributed by atoms with Gasteiger partial charge in [0, 0.05) is 10.6 Å². The Balaban J connectivity index is 1.73. The summed E-state index contributed by atoms with van der Waals surface area (Å²) in [6.07, 6.45) is 1.77. The Labute approximate surface area is 162 Å². The lowest BCUT2D eigenvalue weighted by Gasteiger charge is -2.13. The first-order valence-electron chi connectivity index (χ1n) is 8.51. The zero-order chi connectivity index (χ0) is 19.0. The van der Waals surface area contributed by atoms with Crippen LogP contribution in [0.25, 0.3) is 16.8 Å². The highest BCUT2D eigenvalue weighted by Gasteiger charge is 2.29. The topological polar surface area (TPSA) is 41.9 Å². The van der Waals surface area contributed by atoms with Gasteiger partial charge in [0.15, 0.2) is 0 Å². The second-order valence-corrected chi connectivity index (χ2v) is 6.71. The Morgan fingerprint density at radius 1 is 1.04 bits per heavy atom. The summed E-state index contributed by atoms with van der Waals surface area (Å²) in [4.78, 5) is 13.0. The minimum atomic E-state index is -0.176. The third-order valence-corrected chi connectivity index (χ3v) is 4.77. The molecular formula is C22H17ClN2O2. The Bertz CT molecular complexity index is 1120. The summed E-state index contributed by atoms with van der Waals surface area (Å²) in [5.74, 6) is 0.474. The van der Waals surface area contributed by atoms with Crippen molar-refractivity contribution < 1.29 is 9.53 Å². The van der Waals surface area contributed by atoms with Gasteiger partial charge in [0.05, 0.1) is 24.1 Å². The summed E-state index contributed by atoms with van der Waals surface area (Å²) in [5, 5.41) is 8.65. The lowest BCUT2D eigenvalue weighted by atomic mass is 10.1. The predicted octanol–water partition coefficient (Wildman–Crippen LogP) is 5.31. The normalized spacial score (nSPS) is 15.5. The number of benzene rings is 3. The van der Waals surface area contributed by atoms with Crippen molar-refractivity contribution in [2.45, 2.75) is 6.92 Å². The van der Waals surface area contributed by atoms with E-state index >= 15 is 0 Å². The van der Waals surface area contributed by atoms with E-state index in [9.17, 15) is 4.79 Å². The lowest BCUT2D eigenvalue weighted by Crippen LogP contribution is -2.21. The molecule has 0 N–H and O–H groups in total. The molecule has 0 saturated heterocycles. The highest BCUT2D eigenvalue weighted by Crippen LogP contribution is 2.30. The van der Waals surface area contributed by atoms with E-state index in [0.29, 0.717) is 22.1 Å². The van der Waals surface area contributed by atoms with Gasteiger partial charge in [-0.1, -0.05) is 41.9 Å². The number of fused-ring (bicyclic) bond motifs is 1. The van der Waals surface area contributed by atoms with Crippen molar-refractivity contribution in [1.82, 2.24) is 0 Å². The second-order valence-electron chi connectivity index (χ2n) is 6.28. The van der Waals surface area contributed by atoms with Crippen LogP contribution in [0.1, 0.15) is 12.5 Å². The predicted molar refractivity (Wildman–Crippen MR) is 111 cm³/mol. The Hall–Kier alpha value is -3.11. The summed E-state index contributed by atoms with van der Waals surface area (Å²) in [6, 6.07) is 19.2. The zero-order valence-corrected chi connectivity index (χ0v) is 15.7. The fourth-order valence-corrected chi connectivity index (χ4v) is 3.32. The standard InChI is InChI=1S/C22H17ClN2O2/c1-14-20(13-17-11-18(23)8-10-21(17)27-2)22(26)25(24-14)19-9-7-15-5-3-4-6-16(15)12-19/h3-13H,1-2H3/b20-13-. The van der Waals surface area contributed by atoms with Crippen LogP contribution in [0.15, 0.2) is 71.3 Å². The van der Waals surface area contributed by atoms with E-state index in [2.05, 4.69) is 5.10 Å². The fraction of sp³-hybridized carbons (Fsp3) is 0.0909. The Morgan fingerprint density at radius 2 is 1.81 bits per heavy atom. The van der Waals surface area contributed by atoms with Gasteiger partial charge >= 0.3 is 0 Å². The van der Waals surface area contributed by atoms with E-state index in [4.69, 9.17) is 16.3 Å². The molecule has 0 spiro atoms. The molecule has 0 fully saturated rings. The van der Waals surface area contributed by atoms with Crippen molar-refractivity contribution in [2.24, 2.45) is 5.10 Å². The highest BCUT2D eigenvalue weighted by atomic mass is 35.5. The molecule has 134 valence electrons. The van der Waals surface area contributed by atoms with Crippen LogP contribution in [-0.2, 0) is 4.79 Å². The molecule has 0 radical (unpaired) electrons. The zero-order valence-electron chi connectivity index (χ0n) is 14.9. The first-order valence-corrected chi connectivity index (χ1v) is 8.89. The van der Waals surface area contributed by atoms with Gasteiger partial charge in [-0.3, -0.25) is 4.79 Å². The number of nitrogens with zero attached hydrogens (tertiary/aromatic N) is 2. The van der Waals surface area contributed by atoms with Crippen LogP contribution in [0.5, 0.6) is 5.75 Å². The molecule has 3 aromatic rings. The van der Waals surface area contributed by atoms with Gasteiger partial charge < -0.3 is 4.74 Å². The van der Waals surface area contributed by atoms with Crippen molar-refractivity contribution in [3.05, 3.63) is 76.8 Å². The number of carbonyl (C=O) groups excluding carboxylic acids is 1. The minimum Gasteiger partial charge on any atom is -0.496 e. The monoisotopic (exact) mass is 376 g/mol. The maximum absolute atomic E-state index is 13.0. The second kappa shape index (κ2) is 6.89. The summed E-state index contributed by atoms with van der Waals surface area (Å²) >= 11 is 6.10. The third kappa shape index (κ3) is 3.20. The number of methoxy groups -OCH3 is 1. The number of anilines is 1. The van der Waals surface area contributed by atoms with Crippen molar-refractivity contribution in [3.8, 4) is 5.75 Å². The molecule has 0 unspecified atom stereocenters. The number of carbonyl (C=O) groups is 1. The molecule has 1 heterocycles. The summed E-state index contributed by atoms with van der Waals surface area (Å²) in [5.41, 5.74) is 2.64. The van der Waals surface area contributed by atoms with Gasteiger partial charge in [-0.2, -0.15) is 10.1 Å². The third-order valence-electron chi connectivity index (χ3n) is 4.53. The Kier molecular flexibility index (Phi) is 4.42. The molecule has 0 atom stereocenters. The number of hydrogen-bond acceptors (Lipinski definition) is 3. The van der Waals surface area contributed by atoms with Gasteiger partial charge in [-0.05, 0) is 54.1 Å². The van der Waals surface area contributed by atoms with E-state index in [1.807, 2.05) is 49.4 Å². The van der Waals surface area contributed by atoms with E-state index in [1.54, 1.807) is 31.4 Å². The minimum absolute atomic E-state index is 0.176. The SMILES string of the molecule is COc1ccc(Cl)cc1/C=C1\C(=O)N(c2ccc3ccccc3c2)N=C1C. The van der Waals surface area contributed by atoms with Gasteiger partial charge in [-0.25, -0.2) is 0 Å². The lowest BCUT2D eigenvalue weighted by molar-refractivity contribution is -0.114. The van der Waals surface area contributed by atoms with Crippen LogP contribution in [0.2, 0.25) is 5.02 Å². The molecule has 0 aliphatic carbocycles. The molecule has 1 aliphatic rings. The van der Waals surface area contributed by atoms with Gasteiger partial charge in [0.1, 0.15) is 5.75 Å². The number of hydrogen-bond donors (Lipinski definition) is 0. The number of ether oxygens (including phenoxy) is 1. The molecule has 0 bridgehead atoms. The summed E-state index contributed by atoms with van der Waals surface area (Å²) in [7, 11) is 1.59. The average Bonchev–Trinajstić information content (AvgIpc) is 2.96. The van der Waals surface area contributed by atoms with E-state index < -0.39 is 0 Å². The van der Waals surface area contributed by atoms with Crippen LogP contribution in [-0.4, -0.2) is 18.7 Å². The molecular weight excluding hydrogens is 360 g/mol. The molecule has 4 rings (SSSR count). The van der Waals surface area contributed by atoms with E-state index in [0.717, 1.165) is 22.0 Å². The quantitative estimate of drug-likeness (QED) is 0.581. The van der Waals surface area contributed by atoms with Crippen LogP contribution >= 0.6 is 11.6 Å². The average molecular weight is 377 g/mol. The molecule has 27 heavy (non-hydrogen) atoms. The molecule has 0 saturated carbocycles. The van der Waals surface area contributed by atoms with E-state index in [1.165, 1.54) is 5.01 Å². The number of amides is 1. The smallest absolute Gasteiger partial charge is 0.280 e. The first-order chi connectivity index (χ1) is 13.1. The molecule has 4 nitrogen and oxygen atoms in total. The van der Waals surface area contributed by atoms with Crippen LogP contribution in [0.4, 0.5) is 5.69 Å². The van der Waals surface area contributed by atoms with Crippen LogP contribution in [0.3, 0.4) is 0 Å². The number of hydrazone groups is 1. The van der Waals surface area contributed by atoms with Gasteiger partial charge in [-0.15, -0.1) is 0 Å². The molecule has 1 amide bonds. The number of halogens is 1. The Morgan fingerprint density at radius 3 is 2.59 bits per heavy atom. The first kappa shape index (κ1) is 17.3. The van der Waals surface area contributed by atoms with Crippen molar-refractivity contribution in [2.75, 3.05) is 12.1 Å². The van der Waals surface area contributed by atoms with Crippen molar-refractivity contribution in [3.63, 3.8) is 0 Å². The molecule has 0 aromatic heterocycles. The summed E-state index contributed by atoms with van der Waals surface area (Å²) < 4.78 is 5.37. The fourth-order valence-electron chi connectivity index (χ4n) is 3.14. The van der Waals surface area contributed by atoms with Crippen molar-refractivity contribution in [1.29, 1.82) is 0 Å². The maximum atomic E-state index is 13.0. The molecule has 3 aromatic carbocycles. The van der Waals surface area contributed by atoms with Gasteiger partial charge in [0.2, 0.25) is 0 Å². The molecule has 5 heteroatoms. The summed E-state index contributed by atoms with van der Waals surface area (Å²) in [6.45, 7) is 1.82. The van der Waals surface area contributed by atoms with Gasteiger partial charge in [0.25, 0.3) is 5.91 Å². The highest BCUT2D eigenvalue weighted by molar-refractivity contribution is 6.33. The molecule has 1 aliphatic heterocycles. The van der Waals surface area contributed by atoms with Crippen LogP contribution in [0, 0.1) is 0 Å².